The van der Waals surface area contributed by atoms with Crippen molar-refractivity contribution in [2.24, 2.45) is 0 Å². The van der Waals surface area contributed by atoms with Crippen LogP contribution in [-0.4, -0.2) is 4.75 Å². The number of hydrogen-bond donors (Lipinski definition) is 0. The summed E-state index contributed by atoms with van der Waals surface area (Å²) in [5.41, 5.74) is 0. The van der Waals surface area contributed by atoms with E-state index in [9.17, 15) is 0 Å². The summed E-state index contributed by atoms with van der Waals surface area (Å²) in [5.74, 6) is 0. The molecule has 0 radical (unpaired) electrons. The molecule has 1 aromatic heterocycles. The van der Waals surface area contributed by atoms with Crippen LogP contribution in [0.25, 0.3) is 0 Å². The van der Waals surface area contributed by atoms with Gasteiger partial charge in [-0.3, -0.25) is 0 Å². The summed E-state index contributed by atoms with van der Waals surface area (Å²) in [6.45, 7) is 6.73. The summed E-state index contributed by atoms with van der Waals surface area (Å²) in [5, 5.41) is 4.36. The van der Waals surface area contributed by atoms with E-state index in [-0.39, 0.29) is 0 Å². The van der Waals surface area contributed by atoms with E-state index < -0.39 is 0 Å². The minimum absolute atomic E-state index is 0.379. The molecular weight excluding hydrogens is 220 g/mol. The SMILES string of the molecule is C/C=C\SC(C)(C)CCCc1cccs1. The molecule has 1 rings (SSSR count). The van der Waals surface area contributed by atoms with E-state index in [1.807, 2.05) is 23.1 Å². The lowest BCUT2D eigenvalue weighted by Crippen LogP contribution is -2.13. The van der Waals surface area contributed by atoms with Crippen LogP contribution in [0.15, 0.2) is 29.0 Å². The van der Waals surface area contributed by atoms with Crippen molar-refractivity contribution < 1.29 is 0 Å². The normalized spacial score (nSPS) is 12.5. The van der Waals surface area contributed by atoms with Crippen LogP contribution in [-0.2, 0) is 6.42 Å². The zero-order valence-electron chi connectivity index (χ0n) is 9.82. The van der Waals surface area contributed by atoms with Crippen molar-refractivity contribution in [3.8, 4) is 0 Å². The molecular formula is C13H20S2. The van der Waals surface area contributed by atoms with E-state index in [2.05, 4.69) is 49.8 Å². The highest BCUT2D eigenvalue weighted by atomic mass is 32.2. The second-order valence-corrected chi connectivity index (χ2v) is 6.93. The maximum atomic E-state index is 2.33. The summed E-state index contributed by atoms with van der Waals surface area (Å²) >= 11 is 3.81. The fourth-order valence-electron chi connectivity index (χ4n) is 1.45. The predicted octanol–water partition coefficient (Wildman–Crippen LogP) is 5.12. The lowest BCUT2D eigenvalue weighted by atomic mass is 10.1. The molecule has 0 aromatic carbocycles. The first-order chi connectivity index (χ1) is 7.14. The Labute approximate surface area is 102 Å². The van der Waals surface area contributed by atoms with Crippen LogP contribution in [0.2, 0.25) is 0 Å². The van der Waals surface area contributed by atoms with Crippen molar-refractivity contribution in [1.82, 2.24) is 0 Å². The molecule has 0 saturated heterocycles. The topological polar surface area (TPSA) is 0 Å². The van der Waals surface area contributed by atoms with Gasteiger partial charge >= 0.3 is 0 Å². The number of rotatable bonds is 6. The average Bonchev–Trinajstić information content (AvgIpc) is 2.67. The summed E-state index contributed by atoms with van der Waals surface area (Å²) in [6, 6.07) is 4.37. The molecule has 15 heavy (non-hydrogen) atoms. The fraction of sp³-hybridized carbons (Fsp3) is 0.538. The molecule has 0 bridgehead atoms. The van der Waals surface area contributed by atoms with Gasteiger partial charge in [0.1, 0.15) is 0 Å². The van der Waals surface area contributed by atoms with E-state index in [0.29, 0.717) is 4.75 Å². The van der Waals surface area contributed by atoms with Crippen molar-refractivity contribution in [3.63, 3.8) is 0 Å². The molecule has 0 amide bonds. The van der Waals surface area contributed by atoms with E-state index in [1.165, 1.54) is 24.1 Å². The molecule has 0 fully saturated rings. The number of aryl methyl sites for hydroxylation is 1. The van der Waals surface area contributed by atoms with Gasteiger partial charge in [0.2, 0.25) is 0 Å². The molecule has 2 heteroatoms. The Kier molecular flexibility index (Phi) is 5.48. The average molecular weight is 240 g/mol. The maximum absolute atomic E-state index is 2.33. The Bertz CT molecular complexity index is 283. The predicted molar refractivity (Wildman–Crippen MR) is 73.7 cm³/mol. The van der Waals surface area contributed by atoms with E-state index in [0.717, 1.165) is 0 Å². The molecule has 0 atom stereocenters. The third-order valence-corrected chi connectivity index (χ3v) is 4.49. The molecule has 0 saturated carbocycles. The quantitative estimate of drug-likeness (QED) is 0.665. The standard InChI is InChI=1S/C13H20S2/c1-4-10-15-13(2,3)9-5-7-12-8-6-11-14-12/h4,6,8,10-11H,5,7,9H2,1-3H3/b10-4-. The van der Waals surface area contributed by atoms with Crippen LogP contribution < -0.4 is 0 Å². The van der Waals surface area contributed by atoms with Crippen molar-refractivity contribution in [2.75, 3.05) is 0 Å². The Hall–Kier alpha value is -0.210. The molecule has 0 spiro atoms. The second-order valence-electron chi connectivity index (χ2n) is 4.28. The molecule has 84 valence electrons. The van der Waals surface area contributed by atoms with Crippen LogP contribution >= 0.6 is 23.1 Å². The minimum Gasteiger partial charge on any atom is -0.149 e. The lowest BCUT2D eigenvalue weighted by molar-refractivity contribution is 0.605. The molecule has 0 aliphatic carbocycles. The van der Waals surface area contributed by atoms with Crippen LogP contribution in [0.1, 0.15) is 38.5 Å². The van der Waals surface area contributed by atoms with Crippen LogP contribution in [0, 0.1) is 0 Å². The largest absolute Gasteiger partial charge is 0.149 e. The molecule has 0 nitrogen and oxygen atoms in total. The number of allylic oxidation sites excluding steroid dienone is 1. The summed E-state index contributed by atoms with van der Waals surface area (Å²) in [6.07, 6.45) is 5.92. The van der Waals surface area contributed by atoms with Crippen LogP contribution in [0.3, 0.4) is 0 Å². The van der Waals surface area contributed by atoms with Crippen molar-refractivity contribution >= 4 is 23.1 Å². The first kappa shape index (κ1) is 12.9. The highest BCUT2D eigenvalue weighted by Gasteiger charge is 2.16. The summed E-state index contributed by atoms with van der Waals surface area (Å²) < 4.78 is 0.379. The Morgan fingerprint density at radius 2 is 2.27 bits per heavy atom. The molecule has 0 aliphatic heterocycles. The Morgan fingerprint density at radius 3 is 2.87 bits per heavy atom. The van der Waals surface area contributed by atoms with Gasteiger partial charge in [-0.05, 0) is 43.0 Å². The first-order valence-corrected chi connectivity index (χ1v) is 7.21. The third kappa shape index (κ3) is 5.43. The van der Waals surface area contributed by atoms with Gasteiger partial charge in [0.25, 0.3) is 0 Å². The van der Waals surface area contributed by atoms with Crippen molar-refractivity contribution in [1.29, 1.82) is 0 Å². The summed E-state index contributed by atoms with van der Waals surface area (Å²) in [4.78, 5) is 1.52. The van der Waals surface area contributed by atoms with Crippen molar-refractivity contribution in [2.45, 2.75) is 44.8 Å². The highest BCUT2D eigenvalue weighted by molar-refractivity contribution is 8.03. The highest BCUT2D eigenvalue weighted by Crippen LogP contribution is 2.31. The third-order valence-electron chi connectivity index (χ3n) is 2.31. The zero-order valence-corrected chi connectivity index (χ0v) is 11.5. The van der Waals surface area contributed by atoms with E-state index in [4.69, 9.17) is 0 Å². The Morgan fingerprint density at radius 1 is 1.47 bits per heavy atom. The van der Waals surface area contributed by atoms with E-state index in [1.54, 1.807) is 0 Å². The van der Waals surface area contributed by atoms with Crippen LogP contribution in [0.5, 0.6) is 0 Å². The maximum Gasteiger partial charge on any atom is 0.0145 e. The van der Waals surface area contributed by atoms with E-state index >= 15 is 0 Å². The number of thioether (sulfide) groups is 1. The molecule has 1 heterocycles. The molecule has 0 unspecified atom stereocenters. The second kappa shape index (κ2) is 6.39. The van der Waals surface area contributed by atoms with Gasteiger partial charge in [-0.15, -0.1) is 23.1 Å². The molecule has 1 aromatic rings. The summed E-state index contributed by atoms with van der Waals surface area (Å²) in [7, 11) is 0. The number of hydrogen-bond acceptors (Lipinski definition) is 2. The minimum atomic E-state index is 0.379. The van der Waals surface area contributed by atoms with Gasteiger partial charge < -0.3 is 0 Å². The van der Waals surface area contributed by atoms with Gasteiger partial charge in [-0.1, -0.05) is 26.0 Å². The zero-order chi connectivity index (χ0) is 11.1. The monoisotopic (exact) mass is 240 g/mol. The van der Waals surface area contributed by atoms with Crippen LogP contribution in [0.4, 0.5) is 0 Å². The van der Waals surface area contributed by atoms with Crippen molar-refractivity contribution in [3.05, 3.63) is 33.9 Å². The lowest BCUT2D eigenvalue weighted by Gasteiger charge is -2.21. The fourth-order valence-corrected chi connectivity index (χ4v) is 2.97. The van der Waals surface area contributed by atoms with Gasteiger partial charge in [0.05, 0.1) is 0 Å². The number of thiophene rings is 1. The van der Waals surface area contributed by atoms with Gasteiger partial charge in [0.15, 0.2) is 0 Å². The Balaban J connectivity index is 2.24. The smallest absolute Gasteiger partial charge is 0.0145 e. The van der Waals surface area contributed by atoms with Gasteiger partial charge in [-0.25, -0.2) is 0 Å². The van der Waals surface area contributed by atoms with Gasteiger partial charge in [0, 0.05) is 9.62 Å². The molecule has 0 aliphatic rings. The molecule has 0 N–H and O–H groups in total. The van der Waals surface area contributed by atoms with Gasteiger partial charge in [-0.2, -0.15) is 0 Å². The first-order valence-electron chi connectivity index (χ1n) is 5.45.